The van der Waals surface area contributed by atoms with Crippen molar-refractivity contribution in [3.05, 3.63) is 0 Å². The third kappa shape index (κ3) is 27.9. The molecule has 0 N–H and O–H groups in total. The van der Waals surface area contributed by atoms with Crippen molar-refractivity contribution in [2.75, 3.05) is 139 Å². The zero-order valence-corrected chi connectivity index (χ0v) is 26.7. The van der Waals surface area contributed by atoms with Crippen molar-refractivity contribution in [3.8, 4) is 0 Å². The van der Waals surface area contributed by atoms with Crippen LogP contribution in [0.15, 0.2) is 0 Å². The van der Waals surface area contributed by atoms with Crippen molar-refractivity contribution >= 4 is 8.80 Å². The van der Waals surface area contributed by atoms with Crippen LogP contribution in [0.25, 0.3) is 0 Å². The minimum Gasteiger partial charge on any atom is -0.379 e. The second kappa shape index (κ2) is 33.2. The average Bonchev–Trinajstić information content (AvgIpc) is 2.96. The Labute approximate surface area is 243 Å². The van der Waals surface area contributed by atoms with E-state index >= 15 is 0 Å². The van der Waals surface area contributed by atoms with Crippen LogP contribution >= 0.6 is 0 Å². The van der Waals surface area contributed by atoms with E-state index in [-0.39, 0.29) is 0 Å². The van der Waals surface area contributed by atoms with Gasteiger partial charge in [-0.1, -0.05) is 13.3 Å². The van der Waals surface area contributed by atoms with Crippen LogP contribution in [0.2, 0.25) is 6.04 Å². The van der Waals surface area contributed by atoms with E-state index in [1.807, 2.05) is 20.8 Å². The van der Waals surface area contributed by atoms with Gasteiger partial charge in [-0.15, -0.1) is 0 Å². The fourth-order valence-corrected chi connectivity index (χ4v) is 5.65. The normalized spacial score (nSPS) is 12.0. The quantitative estimate of drug-likeness (QED) is 0.0785. The molecule has 0 fully saturated rings. The van der Waals surface area contributed by atoms with E-state index in [0.717, 1.165) is 6.42 Å². The summed E-state index contributed by atoms with van der Waals surface area (Å²) in [5.41, 5.74) is 0. The van der Waals surface area contributed by atoms with Gasteiger partial charge in [0.05, 0.1) is 119 Å². The molecule has 12 nitrogen and oxygen atoms in total. The molecule has 0 heterocycles. The maximum absolute atomic E-state index is 6.22. The van der Waals surface area contributed by atoms with Crippen LogP contribution in [0.5, 0.6) is 0 Å². The van der Waals surface area contributed by atoms with Gasteiger partial charge in [0.15, 0.2) is 0 Å². The lowest BCUT2D eigenvalue weighted by Crippen LogP contribution is -2.48. The van der Waals surface area contributed by atoms with Gasteiger partial charge in [0, 0.05) is 25.9 Å². The fraction of sp³-hybridized carbons (Fsp3) is 1.00. The van der Waals surface area contributed by atoms with Crippen molar-refractivity contribution < 1.29 is 55.9 Å². The molecule has 0 saturated carbocycles. The molecule has 242 valence electrons. The van der Waals surface area contributed by atoms with Gasteiger partial charge in [-0.05, 0) is 20.8 Å². The van der Waals surface area contributed by atoms with Crippen molar-refractivity contribution in [2.24, 2.45) is 0 Å². The Bertz CT molecular complexity index is 419. The van der Waals surface area contributed by atoms with Crippen LogP contribution in [-0.2, 0) is 55.9 Å². The molecule has 40 heavy (non-hydrogen) atoms. The molecule has 0 aliphatic rings. The van der Waals surface area contributed by atoms with E-state index in [1.165, 1.54) is 0 Å². The van der Waals surface area contributed by atoms with E-state index in [1.54, 1.807) is 0 Å². The van der Waals surface area contributed by atoms with E-state index < -0.39 is 8.80 Å². The van der Waals surface area contributed by atoms with Gasteiger partial charge in [-0.3, -0.25) is 0 Å². The Morgan fingerprint density at radius 1 is 0.300 bits per heavy atom. The first-order valence-electron chi connectivity index (χ1n) is 14.9. The van der Waals surface area contributed by atoms with Gasteiger partial charge < -0.3 is 55.9 Å². The molecule has 0 aromatic carbocycles. The van der Waals surface area contributed by atoms with Gasteiger partial charge in [-0.25, -0.2) is 0 Å². The first kappa shape index (κ1) is 39.7. The molecule has 0 aromatic heterocycles. The van der Waals surface area contributed by atoms with Gasteiger partial charge >= 0.3 is 8.80 Å². The van der Waals surface area contributed by atoms with Crippen LogP contribution < -0.4 is 0 Å². The summed E-state index contributed by atoms with van der Waals surface area (Å²) in [7, 11) is -2.95. The zero-order valence-electron chi connectivity index (χ0n) is 25.7. The molecule has 0 atom stereocenters. The van der Waals surface area contributed by atoms with Crippen LogP contribution in [0, 0.1) is 0 Å². The lowest BCUT2D eigenvalue weighted by Gasteiger charge is -2.29. The average molecular weight is 603 g/mol. The summed E-state index contributed by atoms with van der Waals surface area (Å²) in [6.45, 7) is 18.9. The van der Waals surface area contributed by atoms with Crippen molar-refractivity contribution in [1.82, 2.24) is 0 Å². The first-order chi connectivity index (χ1) is 19.7. The highest BCUT2D eigenvalue weighted by atomic mass is 28.4. The Morgan fingerprint density at radius 3 is 0.750 bits per heavy atom. The molecule has 0 radical (unpaired) electrons. The second-order valence-electron chi connectivity index (χ2n) is 8.24. The highest BCUT2D eigenvalue weighted by molar-refractivity contribution is 6.60. The molecule has 0 spiro atoms. The maximum Gasteiger partial charge on any atom is 0.501 e. The molecule has 0 unspecified atom stereocenters. The molecule has 0 bridgehead atoms. The van der Waals surface area contributed by atoms with E-state index in [0.29, 0.717) is 145 Å². The largest absolute Gasteiger partial charge is 0.501 e. The SMILES string of the molecule is CCC[Si](OCCOCCOCCOCC)(OCCOCCOCCOCC)OCCOCCOCCOCC. The van der Waals surface area contributed by atoms with Crippen LogP contribution in [0.1, 0.15) is 34.1 Å². The highest BCUT2D eigenvalue weighted by Gasteiger charge is 2.40. The fourth-order valence-electron chi connectivity index (χ4n) is 3.17. The summed E-state index contributed by atoms with van der Waals surface area (Å²) < 4.78 is 67.7. The lowest BCUT2D eigenvalue weighted by molar-refractivity contribution is -0.0223. The molecule has 0 saturated heterocycles. The number of hydrogen-bond acceptors (Lipinski definition) is 12. The molecule has 0 aliphatic heterocycles. The van der Waals surface area contributed by atoms with Crippen LogP contribution in [-0.4, -0.2) is 148 Å². The van der Waals surface area contributed by atoms with Gasteiger partial charge in [0.25, 0.3) is 0 Å². The van der Waals surface area contributed by atoms with Crippen molar-refractivity contribution in [1.29, 1.82) is 0 Å². The zero-order chi connectivity index (χ0) is 29.2. The van der Waals surface area contributed by atoms with Gasteiger partial charge in [-0.2, -0.15) is 0 Å². The topological polar surface area (TPSA) is 111 Å². The van der Waals surface area contributed by atoms with Gasteiger partial charge in [0.2, 0.25) is 0 Å². The molecule has 0 rings (SSSR count). The Kier molecular flexibility index (Phi) is 33.0. The standard InChI is InChI=1S/C27H58O12Si/c1-5-27-40(37-24-21-34-18-15-31-12-9-28-6-2,38-25-22-35-19-16-32-13-10-29-7-3)39-26-23-36-20-17-33-14-11-30-8-4/h5-27H2,1-4H3. The third-order valence-corrected chi connectivity index (χ3v) is 8.09. The smallest absolute Gasteiger partial charge is 0.379 e. The summed E-state index contributed by atoms with van der Waals surface area (Å²) in [5, 5.41) is 0. The highest BCUT2D eigenvalue weighted by Crippen LogP contribution is 2.18. The monoisotopic (exact) mass is 602 g/mol. The molecule has 0 aliphatic carbocycles. The summed E-state index contributed by atoms with van der Waals surface area (Å²) >= 11 is 0. The van der Waals surface area contributed by atoms with Crippen LogP contribution in [0.3, 0.4) is 0 Å². The summed E-state index contributed by atoms with van der Waals surface area (Å²) in [6.07, 6.45) is 0.865. The molecular weight excluding hydrogens is 544 g/mol. The van der Waals surface area contributed by atoms with Gasteiger partial charge in [0.1, 0.15) is 0 Å². The van der Waals surface area contributed by atoms with E-state index in [9.17, 15) is 0 Å². The summed E-state index contributed by atoms with van der Waals surface area (Å²) in [6, 6.07) is 0.689. The van der Waals surface area contributed by atoms with Crippen molar-refractivity contribution in [2.45, 2.75) is 40.2 Å². The van der Waals surface area contributed by atoms with E-state index in [4.69, 9.17) is 55.9 Å². The second-order valence-corrected chi connectivity index (χ2v) is 11.0. The third-order valence-electron chi connectivity index (χ3n) is 5.05. The Hall–Kier alpha value is -0.263. The predicted octanol–water partition coefficient (Wildman–Crippen LogP) is 2.59. The first-order valence-corrected chi connectivity index (χ1v) is 16.8. The summed E-state index contributed by atoms with van der Waals surface area (Å²) in [5.74, 6) is 0. The molecule has 0 aromatic rings. The number of ether oxygens (including phenoxy) is 9. The van der Waals surface area contributed by atoms with Crippen molar-refractivity contribution in [3.63, 3.8) is 0 Å². The van der Waals surface area contributed by atoms with Crippen LogP contribution in [0.4, 0.5) is 0 Å². The predicted molar refractivity (Wildman–Crippen MR) is 153 cm³/mol. The Balaban J connectivity index is 4.36. The van der Waals surface area contributed by atoms with E-state index in [2.05, 4.69) is 6.92 Å². The minimum absolute atomic E-state index is 0.369. The number of hydrogen-bond donors (Lipinski definition) is 0. The summed E-state index contributed by atoms with van der Waals surface area (Å²) in [4.78, 5) is 0. The molecule has 13 heteroatoms. The number of rotatable bonds is 35. The maximum atomic E-state index is 6.22. The molecule has 0 amide bonds. The minimum atomic E-state index is -2.95. The lowest BCUT2D eigenvalue weighted by atomic mass is 10.6. The Morgan fingerprint density at radius 2 is 0.525 bits per heavy atom. The molecular formula is C27H58O12Si.